The van der Waals surface area contributed by atoms with Gasteiger partial charge < -0.3 is 5.32 Å². The molecule has 5 heteroatoms. The van der Waals surface area contributed by atoms with Gasteiger partial charge >= 0.3 is 6.03 Å². The monoisotopic (exact) mass is 259 g/mol. The van der Waals surface area contributed by atoms with E-state index in [4.69, 9.17) is 0 Å². The first-order chi connectivity index (χ1) is 9.22. The number of pyridine rings is 1. The zero-order valence-corrected chi connectivity index (χ0v) is 10.8. The second-order valence-electron chi connectivity index (χ2n) is 5.42. The van der Waals surface area contributed by atoms with Crippen molar-refractivity contribution in [3.63, 3.8) is 0 Å². The van der Waals surface area contributed by atoms with Crippen LogP contribution in [0.15, 0.2) is 18.3 Å². The minimum atomic E-state index is -0.0569. The van der Waals surface area contributed by atoms with E-state index in [1.54, 1.807) is 23.2 Å². The number of hydrogen-bond donors (Lipinski definition) is 1. The van der Waals surface area contributed by atoms with Crippen molar-refractivity contribution >= 4 is 18.0 Å². The summed E-state index contributed by atoms with van der Waals surface area (Å²) in [7, 11) is 0. The van der Waals surface area contributed by atoms with Gasteiger partial charge in [0.2, 0.25) is 0 Å². The van der Waals surface area contributed by atoms with E-state index in [0.29, 0.717) is 18.5 Å². The molecule has 0 unspecified atom stereocenters. The topological polar surface area (TPSA) is 62.3 Å². The molecule has 0 atom stereocenters. The van der Waals surface area contributed by atoms with E-state index in [0.717, 1.165) is 18.5 Å². The molecule has 1 spiro atoms. The van der Waals surface area contributed by atoms with Crippen molar-refractivity contribution in [3.8, 4) is 0 Å². The summed E-state index contributed by atoms with van der Waals surface area (Å²) in [5.41, 5.74) is 1.08. The Hall–Kier alpha value is -1.91. The fourth-order valence-electron chi connectivity index (χ4n) is 3.06. The van der Waals surface area contributed by atoms with Gasteiger partial charge in [-0.1, -0.05) is 19.3 Å². The van der Waals surface area contributed by atoms with Crippen LogP contribution in [0.25, 0.3) is 0 Å². The fraction of sp³-hybridized carbons (Fsp3) is 0.500. The Kier molecular flexibility index (Phi) is 2.97. The number of carbonyl (C=O) groups excluding carboxylic acids is 2. The lowest BCUT2D eigenvalue weighted by Crippen LogP contribution is -2.44. The van der Waals surface area contributed by atoms with Crippen molar-refractivity contribution in [1.29, 1.82) is 0 Å². The molecule has 100 valence electrons. The third-order valence-electron chi connectivity index (χ3n) is 4.09. The summed E-state index contributed by atoms with van der Waals surface area (Å²) in [5, 5.41) is 3.14. The van der Waals surface area contributed by atoms with Crippen LogP contribution in [0, 0.1) is 0 Å². The molecule has 2 heterocycles. The number of nitrogens with zero attached hydrogens (tertiary/aromatic N) is 2. The van der Waals surface area contributed by atoms with Crippen LogP contribution >= 0.6 is 0 Å². The molecule has 1 saturated heterocycles. The standard InChI is InChI=1S/C14H17N3O2/c18-9-11-4-5-12(8-15-11)17-10-14(16-13(17)19)6-2-1-3-7-14/h4-5,8-9H,1-3,6-7,10H2,(H,16,19). The number of anilines is 1. The van der Waals surface area contributed by atoms with E-state index in [1.807, 2.05) is 0 Å². The van der Waals surface area contributed by atoms with Crippen LogP contribution in [-0.2, 0) is 0 Å². The highest BCUT2D eigenvalue weighted by Crippen LogP contribution is 2.34. The lowest BCUT2D eigenvalue weighted by atomic mass is 9.82. The Morgan fingerprint density at radius 3 is 2.68 bits per heavy atom. The van der Waals surface area contributed by atoms with Gasteiger partial charge in [0.15, 0.2) is 6.29 Å². The molecule has 1 aliphatic heterocycles. The third kappa shape index (κ3) is 2.20. The molecule has 0 radical (unpaired) electrons. The predicted octanol–water partition coefficient (Wildman–Crippen LogP) is 2.13. The number of amides is 2. The zero-order chi connectivity index (χ0) is 13.3. The summed E-state index contributed by atoms with van der Waals surface area (Å²) in [5.74, 6) is 0. The molecule has 5 nitrogen and oxygen atoms in total. The van der Waals surface area contributed by atoms with Crippen molar-refractivity contribution in [3.05, 3.63) is 24.0 Å². The Morgan fingerprint density at radius 2 is 2.05 bits per heavy atom. The molecular formula is C14H17N3O2. The largest absolute Gasteiger partial charge is 0.330 e. The van der Waals surface area contributed by atoms with E-state index < -0.39 is 0 Å². The molecule has 1 saturated carbocycles. The molecule has 19 heavy (non-hydrogen) atoms. The first kappa shape index (κ1) is 12.1. The maximum atomic E-state index is 12.1. The van der Waals surface area contributed by atoms with E-state index in [1.165, 1.54) is 19.3 Å². The number of urea groups is 1. The quantitative estimate of drug-likeness (QED) is 0.827. The average Bonchev–Trinajstić information content (AvgIpc) is 2.76. The van der Waals surface area contributed by atoms with Crippen molar-refractivity contribution in [1.82, 2.24) is 10.3 Å². The van der Waals surface area contributed by atoms with Crippen molar-refractivity contribution < 1.29 is 9.59 Å². The smallest absolute Gasteiger partial charge is 0.322 e. The highest BCUT2D eigenvalue weighted by atomic mass is 16.2. The Labute approximate surface area is 112 Å². The third-order valence-corrected chi connectivity index (χ3v) is 4.09. The molecular weight excluding hydrogens is 242 g/mol. The molecule has 1 aromatic heterocycles. The number of nitrogens with one attached hydrogen (secondary N) is 1. The van der Waals surface area contributed by atoms with Crippen LogP contribution < -0.4 is 10.2 Å². The molecule has 2 amide bonds. The van der Waals surface area contributed by atoms with Crippen molar-refractivity contribution in [2.45, 2.75) is 37.6 Å². The Morgan fingerprint density at radius 1 is 1.26 bits per heavy atom. The second-order valence-corrected chi connectivity index (χ2v) is 5.42. The fourth-order valence-corrected chi connectivity index (χ4v) is 3.06. The van der Waals surface area contributed by atoms with Crippen LogP contribution in [0.4, 0.5) is 10.5 Å². The maximum absolute atomic E-state index is 12.1. The molecule has 1 aromatic rings. The second kappa shape index (κ2) is 4.64. The summed E-state index contributed by atoms with van der Waals surface area (Å²) in [6, 6.07) is 3.36. The van der Waals surface area contributed by atoms with Crippen LogP contribution in [0.5, 0.6) is 0 Å². The number of aromatic nitrogens is 1. The summed E-state index contributed by atoms with van der Waals surface area (Å²) in [4.78, 5) is 28.5. The van der Waals surface area contributed by atoms with Gasteiger partial charge in [-0.15, -0.1) is 0 Å². The summed E-state index contributed by atoms with van der Waals surface area (Å²) in [6.45, 7) is 0.702. The van der Waals surface area contributed by atoms with Gasteiger partial charge in [0.25, 0.3) is 0 Å². The van der Waals surface area contributed by atoms with E-state index in [9.17, 15) is 9.59 Å². The molecule has 1 aliphatic carbocycles. The molecule has 0 aromatic carbocycles. The van der Waals surface area contributed by atoms with Crippen LogP contribution in [-0.4, -0.2) is 29.4 Å². The average molecular weight is 259 g/mol. The van der Waals surface area contributed by atoms with Gasteiger partial charge in [-0.3, -0.25) is 14.7 Å². The predicted molar refractivity (Wildman–Crippen MR) is 71.3 cm³/mol. The Balaban J connectivity index is 1.81. The molecule has 1 N–H and O–H groups in total. The van der Waals surface area contributed by atoms with Gasteiger partial charge in [-0.25, -0.2) is 4.79 Å². The van der Waals surface area contributed by atoms with Crippen LogP contribution in [0.1, 0.15) is 42.6 Å². The normalized spacial score (nSPS) is 21.5. The lowest BCUT2D eigenvalue weighted by Gasteiger charge is -2.32. The number of hydrogen-bond acceptors (Lipinski definition) is 3. The SMILES string of the molecule is O=Cc1ccc(N2CC3(CCCCC3)NC2=O)cn1. The van der Waals surface area contributed by atoms with E-state index >= 15 is 0 Å². The van der Waals surface area contributed by atoms with Crippen LogP contribution in [0.3, 0.4) is 0 Å². The van der Waals surface area contributed by atoms with Crippen molar-refractivity contribution in [2.75, 3.05) is 11.4 Å². The molecule has 0 bridgehead atoms. The minimum absolute atomic E-state index is 0.0532. The first-order valence-electron chi connectivity index (χ1n) is 6.73. The zero-order valence-electron chi connectivity index (χ0n) is 10.8. The molecule has 2 aliphatic rings. The van der Waals surface area contributed by atoms with Crippen molar-refractivity contribution in [2.24, 2.45) is 0 Å². The van der Waals surface area contributed by atoms with Gasteiger partial charge in [0, 0.05) is 0 Å². The van der Waals surface area contributed by atoms with E-state index in [2.05, 4.69) is 10.3 Å². The van der Waals surface area contributed by atoms with Gasteiger partial charge in [0.1, 0.15) is 5.69 Å². The Bertz CT molecular complexity index is 492. The maximum Gasteiger partial charge on any atom is 0.322 e. The van der Waals surface area contributed by atoms with Gasteiger partial charge in [0.05, 0.1) is 24.0 Å². The highest BCUT2D eigenvalue weighted by molar-refractivity contribution is 5.95. The van der Waals surface area contributed by atoms with Crippen LogP contribution in [0.2, 0.25) is 0 Å². The first-order valence-corrected chi connectivity index (χ1v) is 6.73. The summed E-state index contributed by atoms with van der Waals surface area (Å²) < 4.78 is 0. The number of rotatable bonds is 2. The van der Waals surface area contributed by atoms with Gasteiger partial charge in [-0.2, -0.15) is 0 Å². The molecule has 3 rings (SSSR count). The number of aldehydes is 1. The van der Waals surface area contributed by atoms with Gasteiger partial charge in [-0.05, 0) is 25.0 Å². The lowest BCUT2D eigenvalue weighted by molar-refractivity contribution is 0.111. The highest BCUT2D eigenvalue weighted by Gasteiger charge is 2.43. The summed E-state index contributed by atoms with van der Waals surface area (Å²) >= 11 is 0. The number of carbonyl (C=O) groups is 2. The minimum Gasteiger partial charge on any atom is -0.330 e. The molecule has 2 fully saturated rings. The van der Waals surface area contributed by atoms with E-state index in [-0.39, 0.29) is 11.6 Å². The summed E-state index contributed by atoms with van der Waals surface area (Å²) in [6.07, 6.45) is 8.01.